The van der Waals surface area contributed by atoms with Gasteiger partial charge in [0.1, 0.15) is 5.60 Å². The summed E-state index contributed by atoms with van der Waals surface area (Å²) in [5, 5.41) is 0. The highest BCUT2D eigenvalue weighted by Crippen LogP contribution is 2.44. The van der Waals surface area contributed by atoms with Gasteiger partial charge in [0.25, 0.3) is 0 Å². The van der Waals surface area contributed by atoms with Crippen molar-refractivity contribution in [2.75, 3.05) is 49.1 Å². The monoisotopic (exact) mass is 496 g/mol. The third kappa shape index (κ3) is 4.83. The molecule has 0 aliphatic carbocycles. The Morgan fingerprint density at radius 2 is 1.75 bits per heavy atom. The Morgan fingerprint density at radius 3 is 2.39 bits per heavy atom. The van der Waals surface area contributed by atoms with Gasteiger partial charge in [0.2, 0.25) is 5.91 Å². The van der Waals surface area contributed by atoms with E-state index in [2.05, 4.69) is 41.8 Å². The van der Waals surface area contributed by atoms with Gasteiger partial charge in [0.05, 0.1) is 5.41 Å². The lowest BCUT2D eigenvalue weighted by atomic mass is 9.77. The highest BCUT2D eigenvalue weighted by Gasteiger charge is 2.49. The fourth-order valence-corrected chi connectivity index (χ4v) is 6.84. The maximum absolute atomic E-state index is 13.7. The van der Waals surface area contributed by atoms with E-state index in [9.17, 15) is 9.59 Å². The minimum Gasteiger partial charge on any atom is -0.444 e. The minimum absolute atomic E-state index is 0.228. The van der Waals surface area contributed by atoms with E-state index in [-0.39, 0.29) is 17.4 Å². The molecule has 36 heavy (non-hydrogen) atoms. The van der Waals surface area contributed by atoms with Crippen LogP contribution in [0, 0.1) is 12.3 Å². The van der Waals surface area contributed by atoms with Crippen molar-refractivity contribution in [2.24, 2.45) is 5.41 Å². The van der Waals surface area contributed by atoms with Crippen molar-refractivity contribution in [2.45, 2.75) is 90.8 Å². The van der Waals surface area contributed by atoms with Gasteiger partial charge in [-0.1, -0.05) is 0 Å². The predicted molar refractivity (Wildman–Crippen MR) is 144 cm³/mol. The molecule has 2 amide bonds. The third-order valence-corrected chi connectivity index (χ3v) is 8.96. The number of amides is 2. The fraction of sp³-hybridized carbons (Fsp3) is 0.724. The Hall–Kier alpha value is -2.28. The molecule has 1 aromatic rings. The van der Waals surface area contributed by atoms with Crippen LogP contribution in [0.4, 0.5) is 16.2 Å². The van der Waals surface area contributed by atoms with Crippen LogP contribution >= 0.6 is 0 Å². The van der Waals surface area contributed by atoms with Crippen LogP contribution < -0.4 is 9.80 Å². The average Bonchev–Trinajstić information content (AvgIpc) is 3.54. The number of rotatable bonds is 3. The van der Waals surface area contributed by atoms with Gasteiger partial charge in [-0.25, -0.2) is 4.79 Å². The molecule has 4 fully saturated rings. The Kier molecular flexibility index (Phi) is 6.73. The van der Waals surface area contributed by atoms with E-state index in [4.69, 9.17) is 4.74 Å². The number of ether oxygens (including phenoxy) is 1. The first-order valence-electron chi connectivity index (χ1n) is 14.0. The van der Waals surface area contributed by atoms with Crippen molar-refractivity contribution in [1.82, 2.24) is 9.80 Å². The summed E-state index contributed by atoms with van der Waals surface area (Å²) in [5.74, 6) is 0.228. The smallest absolute Gasteiger partial charge is 0.410 e. The summed E-state index contributed by atoms with van der Waals surface area (Å²) >= 11 is 0. The highest BCUT2D eigenvalue weighted by atomic mass is 16.6. The van der Waals surface area contributed by atoms with Crippen LogP contribution in [-0.4, -0.2) is 78.8 Å². The van der Waals surface area contributed by atoms with Crippen LogP contribution in [0.3, 0.4) is 0 Å². The molecule has 4 heterocycles. The second-order valence-corrected chi connectivity index (χ2v) is 12.5. The lowest BCUT2D eigenvalue weighted by Gasteiger charge is -2.38. The third-order valence-electron chi connectivity index (χ3n) is 8.96. The fourth-order valence-electron chi connectivity index (χ4n) is 6.84. The average molecular weight is 497 g/mol. The zero-order chi connectivity index (χ0) is 25.7. The molecule has 0 radical (unpaired) electrons. The standard InChI is InChI=1S/C29H44N4O3/c1-21-19-23(31-15-10-24(20-31)32-14-6-7-22(32)2)8-9-25(21)33-18-13-29(26(33)34)11-16-30(17-12-29)27(35)36-28(3,4)5/h8-9,19,22,24H,6-7,10-18,20H2,1-5H3/t22-,24-/m1/s1. The quantitative estimate of drug-likeness (QED) is 0.601. The predicted octanol–water partition coefficient (Wildman–Crippen LogP) is 4.81. The maximum atomic E-state index is 13.7. The van der Waals surface area contributed by atoms with Gasteiger partial charge in [0, 0.05) is 56.2 Å². The van der Waals surface area contributed by atoms with Gasteiger partial charge in [-0.3, -0.25) is 9.69 Å². The topological polar surface area (TPSA) is 56.3 Å². The summed E-state index contributed by atoms with van der Waals surface area (Å²) in [6.45, 7) is 15.5. The summed E-state index contributed by atoms with van der Waals surface area (Å²) in [5.41, 5.74) is 2.63. The maximum Gasteiger partial charge on any atom is 0.410 e. The van der Waals surface area contributed by atoms with E-state index in [0.717, 1.165) is 31.7 Å². The van der Waals surface area contributed by atoms with Gasteiger partial charge >= 0.3 is 6.09 Å². The molecule has 4 aliphatic rings. The molecule has 1 spiro atoms. The number of piperidine rings is 1. The molecule has 2 atom stereocenters. The summed E-state index contributed by atoms with van der Waals surface area (Å²) in [4.78, 5) is 35.1. The zero-order valence-electron chi connectivity index (χ0n) is 22.9. The van der Waals surface area contributed by atoms with E-state index in [1.165, 1.54) is 37.1 Å². The van der Waals surface area contributed by atoms with Crippen LogP contribution in [0.2, 0.25) is 0 Å². The van der Waals surface area contributed by atoms with Crippen LogP contribution in [-0.2, 0) is 9.53 Å². The Labute approximate surface area is 216 Å². The Balaban J connectivity index is 1.21. The number of hydrogen-bond acceptors (Lipinski definition) is 5. The molecule has 0 bridgehead atoms. The normalized spacial score (nSPS) is 26.9. The molecular formula is C29H44N4O3. The van der Waals surface area contributed by atoms with E-state index in [1.54, 1.807) is 4.90 Å². The van der Waals surface area contributed by atoms with Crippen LogP contribution in [0.15, 0.2) is 18.2 Å². The number of nitrogens with zero attached hydrogens (tertiary/aromatic N) is 4. The summed E-state index contributed by atoms with van der Waals surface area (Å²) in [7, 11) is 0. The van der Waals surface area contributed by atoms with E-state index in [1.807, 2.05) is 25.7 Å². The van der Waals surface area contributed by atoms with Gasteiger partial charge in [-0.15, -0.1) is 0 Å². The molecule has 0 N–H and O–H groups in total. The van der Waals surface area contributed by atoms with Gasteiger partial charge in [0.15, 0.2) is 0 Å². The number of likely N-dealkylation sites (tertiary alicyclic amines) is 2. The number of aryl methyl sites for hydroxylation is 1. The lowest BCUT2D eigenvalue weighted by Crippen LogP contribution is -2.48. The Morgan fingerprint density at radius 1 is 1.03 bits per heavy atom. The molecule has 4 aliphatic heterocycles. The number of carbonyl (C=O) groups is 2. The highest BCUT2D eigenvalue weighted by molar-refractivity contribution is 6.00. The molecule has 1 aromatic carbocycles. The molecular weight excluding hydrogens is 452 g/mol. The summed E-state index contributed by atoms with van der Waals surface area (Å²) in [6.07, 6.45) is 5.90. The number of hydrogen-bond donors (Lipinski definition) is 0. The number of benzene rings is 1. The van der Waals surface area contributed by atoms with Gasteiger partial charge in [-0.05, 0) is 103 Å². The number of anilines is 2. The molecule has 198 valence electrons. The molecule has 7 nitrogen and oxygen atoms in total. The molecule has 0 saturated carbocycles. The van der Waals surface area contributed by atoms with E-state index < -0.39 is 5.60 Å². The largest absolute Gasteiger partial charge is 0.444 e. The van der Waals surface area contributed by atoms with Crippen LogP contribution in [0.25, 0.3) is 0 Å². The molecule has 5 rings (SSSR count). The molecule has 0 unspecified atom stereocenters. The first-order valence-corrected chi connectivity index (χ1v) is 14.0. The first kappa shape index (κ1) is 25.4. The molecule has 7 heteroatoms. The molecule has 4 saturated heterocycles. The van der Waals surface area contributed by atoms with Crippen molar-refractivity contribution in [3.63, 3.8) is 0 Å². The summed E-state index contributed by atoms with van der Waals surface area (Å²) in [6, 6.07) is 8.01. The van der Waals surface area contributed by atoms with Gasteiger partial charge < -0.3 is 19.4 Å². The van der Waals surface area contributed by atoms with Crippen molar-refractivity contribution >= 4 is 23.4 Å². The van der Waals surface area contributed by atoms with Crippen LogP contribution in [0.1, 0.15) is 71.8 Å². The SMILES string of the molecule is Cc1cc(N2CC[C@@H](N3CCC[C@H]3C)C2)ccc1N1CCC2(CCN(C(=O)OC(C)(C)C)CC2)C1=O. The van der Waals surface area contributed by atoms with Crippen LogP contribution in [0.5, 0.6) is 0 Å². The molecule has 0 aromatic heterocycles. The van der Waals surface area contributed by atoms with E-state index in [0.29, 0.717) is 38.0 Å². The summed E-state index contributed by atoms with van der Waals surface area (Å²) < 4.78 is 5.54. The first-order chi connectivity index (χ1) is 17.1. The lowest BCUT2D eigenvalue weighted by molar-refractivity contribution is -0.128. The second-order valence-electron chi connectivity index (χ2n) is 12.5. The van der Waals surface area contributed by atoms with Crippen molar-refractivity contribution in [3.8, 4) is 0 Å². The van der Waals surface area contributed by atoms with E-state index >= 15 is 0 Å². The van der Waals surface area contributed by atoms with Crippen molar-refractivity contribution < 1.29 is 14.3 Å². The zero-order valence-corrected chi connectivity index (χ0v) is 22.9. The van der Waals surface area contributed by atoms with Crippen molar-refractivity contribution in [1.29, 1.82) is 0 Å². The van der Waals surface area contributed by atoms with Gasteiger partial charge in [-0.2, -0.15) is 0 Å². The number of carbonyl (C=O) groups excluding carboxylic acids is 2. The second kappa shape index (κ2) is 9.55. The van der Waals surface area contributed by atoms with Crippen molar-refractivity contribution in [3.05, 3.63) is 23.8 Å². The minimum atomic E-state index is -0.502. The Bertz CT molecular complexity index is 995.